The Labute approximate surface area is 152 Å². The van der Waals surface area contributed by atoms with Crippen LogP contribution in [0.25, 0.3) is 0 Å². The quantitative estimate of drug-likeness (QED) is 0.875. The fourth-order valence-electron chi connectivity index (χ4n) is 4.06. The van der Waals surface area contributed by atoms with Crippen molar-refractivity contribution in [2.75, 3.05) is 26.2 Å². The van der Waals surface area contributed by atoms with E-state index in [1.54, 1.807) is 0 Å². The highest BCUT2D eigenvalue weighted by Crippen LogP contribution is 2.37. The number of carbonyl (C=O) groups excluding carboxylic acids is 2. The lowest BCUT2D eigenvalue weighted by molar-refractivity contribution is 0.0978. The van der Waals surface area contributed by atoms with E-state index in [0.29, 0.717) is 28.7 Å². The van der Waals surface area contributed by atoms with Crippen LogP contribution < -0.4 is 5.32 Å². The zero-order chi connectivity index (χ0) is 17.2. The largest absolute Gasteiger partial charge is 0.380 e. The molecular formula is C19H25N3O2S. The first-order valence-corrected chi connectivity index (χ1v) is 10.3. The predicted molar refractivity (Wildman–Crippen MR) is 98.4 cm³/mol. The van der Waals surface area contributed by atoms with E-state index >= 15 is 0 Å². The summed E-state index contributed by atoms with van der Waals surface area (Å²) in [5, 5.41) is 4.17. The molecule has 1 aliphatic heterocycles. The first kappa shape index (κ1) is 16.9. The molecule has 0 bridgehead atoms. The minimum atomic E-state index is -0.128. The van der Waals surface area contributed by atoms with Gasteiger partial charge in [0.1, 0.15) is 10.6 Å². The molecule has 134 valence electrons. The lowest BCUT2D eigenvalue weighted by Gasteiger charge is -2.18. The molecule has 0 radical (unpaired) electrons. The molecule has 0 aromatic carbocycles. The van der Waals surface area contributed by atoms with Crippen LogP contribution in [0, 0.1) is 0 Å². The number of hydrogen-bond acceptors (Lipinski definition) is 6. The molecule has 25 heavy (non-hydrogen) atoms. The monoisotopic (exact) mass is 359 g/mol. The number of fused-ring (bicyclic) bond motifs is 1. The van der Waals surface area contributed by atoms with Gasteiger partial charge in [-0.15, -0.1) is 11.3 Å². The zero-order valence-corrected chi connectivity index (χ0v) is 15.4. The summed E-state index contributed by atoms with van der Waals surface area (Å²) >= 11 is 1.44. The Morgan fingerprint density at radius 1 is 1.12 bits per heavy atom. The van der Waals surface area contributed by atoms with Crippen molar-refractivity contribution in [2.24, 2.45) is 0 Å². The van der Waals surface area contributed by atoms with Gasteiger partial charge in [0.2, 0.25) is 11.6 Å². The zero-order valence-electron chi connectivity index (χ0n) is 14.6. The second-order valence-corrected chi connectivity index (χ2v) is 8.32. The Morgan fingerprint density at radius 2 is 1.88 bits per heavy atom. The van der Waals surface area contributed by atoms with E-state index in [1.807, 2.05) is 0 Å². The number of allylic oxidation sites excluding steroid dienone is 2. The number of nitrogens with zero attached hydrogens (tertiary/aromatic N) is 2. The van der Waals surface area contributed by atoms with Gasteiger partial charge in [0.05, 0.1) is 10.7 Å². The lowest BCUT2D eigenvalue weighted by atomic mass is 9.90. The molecule has 3 aliphatic rings. The summed E-state index contributed by atoms with van der Waals surface area (Å²) in [6, 6.07) is 0. The van der Waals surface area contributed by atoms with Gasteiger partial charge in [-0.1, -0.05) is 19.3 Å². The van der Waals surface area contributed by atoms with E-state index in [-0.39, 0.29) is 11.6 Å². The molecule has 0 amide bonds. The number of carbonyl (C=O) groups is 2. The van der Waals surface area contributed by atoms with Gasteiger partial charge in [-0.05, 0) is 38.8 Å². The van der Waals surface area contributed by atoms with Crippen molar-refractivity contribution in [3.05, 3.63) is 27.4 Å². The summed E-state index contributed by atoms with van der Waals surface area (Å²) < 4.78 is 0. The molecule has 1 N–H and O–H groups in total. The maximum atomic E-state index is 12.8. The van der Waals surface area contributed by atoms with Gasteiger partial charge in [-0.2, -0.15) is 0 Å². The van der Waals surface area contributed by atoms with E-state index in [2.05, 4.69) is 15.2 Å². The van der Waals surface area contributed by atoms with E-state index in [4.69, 9.17) is 0 Å². The molecule has 1 aromatic heterocycles. The third kappa shape index (κ3) is 3.55. The average molecular weight is 359 g/mol. The number of nitrogens with one attached hydrogen (secondary N) is 1. The van der Waals surface area contributed by atoms with Crippen LogP contribution in [-0.2, 0) is 0 Å². The van der Waals surface area contributed by atoms with Gasteiger partial charge in [0.15, 0.2) is 0 Å². The Bertz CT molecular complexity index is 698. The van der Waals surface area contributed by atoms with E-state index in [0.717, 1.165) is 37.5 Å². The summed E-state index contributed by atoms with van der Waals surface area (Å²) in [6.45, 7) is 3.89. The van der Waals surface area contributed by atoms with Crippen LogP contribution in [-0.4, -0.2) is 47.6 Å². The minimum Gasteiger partial charge on any atom is -0.380 e. The summed E-state index contributed by atoms with van der Waals surface area (Å²) in [5.41, 5.74) is 0.816. The van der Waals surface area contributed by atoms with Crippen molar-refractivity contribution < 1.29 is 9.59 Å². The molecule has 4 rings (SSSR count). The highest BCUT2D eigenvalue weighted by molar-refractivity contribution is 7.14. The first-order chi connectivity index (χ1) is 12.2. The van der Waals surface area contributed by atoms with Crippen molar-refractivity contribution in [1.29, 1.82) is 0 Å². The number of thiazole rings is 1. The molecule has 1 saturated carbocycles. The van der Waals surface area contributed by atoms with E-state index < -0.39 is 0 Å². The van der Waals surface area contributed by atoms with Gasteiger partial charge in [0.25, 0.3) is 0 Å². The molecule has 2 fully saturated rings. The smallest absolute Gasteiger partial charge is 0.221 e. The van der Waals surface area contributed by atoms with Gasteiger partial charge in [-0.3, -0.25) is 9.59 Å². The van der Waals surface area contributed by atoms with Crippen LogP contribution in [0.1, 0.15) is 76.0 Å². The molecule has 0 atom stereocenters. The van der Waals surface area contributed by atoms with Crippen molar-refractivity contribution in [2.45, 2.75) is 50.9 Å². The number of ketones is 2. The average Bonchev–Trinajstić information content (AvgIpc) is 3.30. The van der Waals surface area contributed by atoms with Crippen molar-refractivity contribution >= 4 is 22.9 Å². The Morgan fingerprint density at radius 3 is 2.64 bits per heavy atom. The Kier molecular flexibility index (Phi) is 4.99. The normalized spacial score (nSPS) is 22.2. The molecule has 1 aromatic rings. The van der Waals surface area contributed by atoms with Gasteiger partial charge < -0.3 is 10.2 Å². The molecule has 1 saturated heterocycles. The van der Waals surface area contributed by atoms with Crippen LogP contribution in [0.4, 0.5) is 0 Å². The third-order valence-electron chi connectivity index (χ3n) is 5.50. The topological polar surface area (TPSA) is 62.3 Å². The number of hydrogen-bond donors (Lipinski definition) is 1. The second kappa shape index (κ2) is 7.38. The van der Waals surface area contributed by atoms with Crippen molar-refractivity contribution in [3.8, 4) is 0 Å². The fraction of sp³-hybridized carbons (Fsp3) is 0.632. The molecule has 5 nitrogen and oxygen atoms in total. The van der Waals surface area contributed by atoms with Crippen LogP contribution in [0.15, 0.2) is 11.8 Å². The number of aromatic nitrogens is 1. The highest BCUT2D eigenvalue weighted by atomic mass is 32.1. The van der Waals surface area contributed by atoms with E-state index in [1.165, 1.54) is 49.5 Å². The highest BCUT2D eigenvalue weighted by Gasteiger charge is 2.32. The maximum absolute atomic E-state index is 12.8. The van der Waals surface area contributed by atoms with E-state index in [9.17, 15) is 9.59 Å². The minimum absolute atomic E-state index is 0.0596. The molecule has 0 unspecified atom stereocenters. The van der Waals surface area contributed by atoms with Crippen LogP contribution >= 0.6 is 11.3 Å². The summed E-state index contributed by atoms with van der Waals surface area (Å²) in [6.07, 6.45) is 9.94. The third-order valence-corrected chi connectivity index (χ3v) is 6.72. The van der Waals surface area contributed by atoms with Gasteiger partial charge in [-0.25, -0.2) is 4.98 Å². The summed E-state index contributed by atoms with van der Waals surface area (Å²) in [7, 11) is 0. The number of likely N-dealkylation sites (tertiary alicyclic amines) is 1. The standard InChI is InChI=1S/C19H25N3O2S/c23-15-12-14(20-8-11-22-9-4-5-10-22)17(24)18-16(15)21-19(25-18)13-6-2-1-3-7-13/h12-13,20H,1-11H2. The lowest BCUT2D eigenvalue weighted by Crippen LogP contribution is -2.33. The number of rotatable bonds is 5. The second-order valence-electron chi connectivity index (χ2n) is 7.29. The molecule has 2 heterocycles. The van der Waals surface area contributed by atoms with Gasteiger partial charge >= 0.3 is 0 Å². The van der Waals surface area contributed by atoms with Crippen molar-refractivity contribution in [3.63, 3.8) is 0 Å². The Balaban J connectivity index is 1.44. The van der Waals surface area contributed by atoms with Crippen molar-refractivity contribution in [1.82, 2.24) is 15.2 Å². The van der Waals surface area contributed by atoms with Crippen LogP contribution in [0.2, 0.25) is 0 Å². The molecule has 2 aliphatic carbocycles. The van der Waals surface area contributed by atoms with Gasteiger partial charge in [0, 0.05) is 25.1 Å². The predicted octanol–water partition coefficient (Wildman–Crippen LogP) is 3.14. The first-order valence-electron chi connectivity index (χ1n) is 9.50. The molecule has 0 spiro atoms. The SMILES string of the molecule is O=C1C=C(NCCN2CCCC2)C(=O)c2sc(C3CCCCC3)nc21. The fourth-order valence-corrected chi connectivity index (χ4v) is 5.25. The summed E-state index contributed by atoms with van der Waals surface area (Å²) in [5.74, 6) is 0.240. The maximum Gasteiger partial charge on any atom is 0.221 e. The number of Topliss-reactive ketones (excluding diaryl/α,β-unsaturated/α-hetero) is 1. The Hall–Kier alpha value is -1.53. The molecule has 6 heteroatoms. The molecular weight excluding hydrogens is 334 g/mol. The van der Waals surface area contributed by atoms with Crippen LogP contribution in [0.3, 0.4) is 0 Å². The van der Waals surface area contributed by atoms with Crippen LogP contribution in [0.5, 0.6) is 0 Å². The summed E-state index contributed by atoms with van der Waals surface area (Å²) in [4.78, 5) is 32.7.